The smallest absolute Gasteiger partial charge is 0.231 e. The Morgan fingerprint density at radius 3 is 2.74 bits per heavy atom. The number of nitrogens with zero attached hydrogens (tertiary/aromatic N) is 4. The molecule has 1 aromatic carbocycles. The fourth-order valence-corrected chi connectivity index (χ4v) is 2.90. The zero-order valence-electron chi connectivity index (χ0n) is 14.7. The van der Waals surface area contributed by atoms with Gasteiger partial charge in [0.25, 0.3) is 0 Å². The van der Waals surface area contributed by atoms with E-state index in [0.717, 1.165) is 0 Å². The molecule has 2 N–H and O–H groups in total. The molecule has 1 aliphatic rings. The Morgan fingerprint density at radius 2 is 2.15 bits per heavy atom. The van der Waals surface area contributed by atoms with Crippen LogP contribution in [0.15, 0.2) is 35.4 Å². The molecule has 1 amide bonds. The van der Waals surface area contributed by atoms with Crippen LogP contribution in [0, 0.1) is 5.82 Å². The predicted molar refractivity (Wildman–Crippen MR) is 94.1 cm³/mol. The zero-order chi connectivity index (χ0) is 19.8. The molecule has 2 heterocycles. The average molecular weight is 373 g/mol. The molecule has 0 saturated carbocycles. The van der Waals surface area contributed by atoms with Gasteiger partial charge < -0.3 is 10.5 Å². The first kappa shape index (κ1) is 18.6. The first-order valence-corrected chi connectivity index (χ1v) is 8.13. The highest BCUT2D eigenvalue weighted by atomic mass is 19.1. The van der Waals surface area contributed by atoms with Crippen LogP contribution in [0.5, 0.6) is 5.75 Å². The molecule has 0 bridgehead atoms. The number of fused-ring (bicyclic) bond motifs is 1. The van der Waals surface area contributed by atoms with E-state index in [1.807, 2.05) is 0 Å². The van der Waals surface area contributed by atoms with Gasteiger partial charge in [-0.05, 0) is 49.7 Å². The highest BCUT2D eigenvalue weighted by Crippen LogP contribution is 2.45. The van der Waals surface area contributed by atoms with Crippen LogP contribution in [0.4, 0.5) is 8.78 Å². The molecular weight excluding hydrogens is 356 g/mol. The molecule has 7 nitrogen and oxygen atoms in total. The van der Waals surface area contributed by atoms with Gasteiger partial charge >= 0.3 is 0 Å². The third-order valence-electron chi connectivity index (χ3n) is 4.70. The number of amides is 1. The van der Waals surface area contributed by atoms with Crippen LogP contribution in [-0.2, 0) is 15.9 Å². The average Bonchev–Trinajstić information content (AvgIpc) is 2.99. The van der Waals surface area contributed by atoms with E-state index in [-0.39, 0.29) is 18.0 Å². The lowest BCUT2D eigenvalue weighted by molar-refractivity contribution is -0.123. The van der Waals surface area contributed by atoms with Crippen molar-refractivity contribution < 1.29 is 18.3 Å². The number of hydrogen-bond acceptors (Lipinski definition) is 4. The van der Waals surface area contributed by atoms with Crippen LogP contribution in [0.1, 0.15) is 25.1 Å². The fraction of sp³-hybridized carbons (Fsp3) is 0.333. The van der Waals surface area contributed by atoms with E-state index in [0.29, 0.717) is 16.9 Å². The number of aromatic nitrogens is 1. The van der Waals surface area contributed by atoms with Crippen LogP contribution in [0.2, 0.25) is 0 Å². The molecule has 0 spiro atoms. The third kappa shape index (κ3) is 3.17. The lowest BCUT2D eigenvalue weighted by atomic mass is 9.82. The van der Waals surface area contributed by atoms with Gasteiger partial charge in [0.2, 0.25) is 5.91 Å². The number of nitrogens with two attached hydrogens (primary N) is 1. The molecule has 0 aliphatic carbocycles. The van der Waals surface area contributed by atoms with Gasteiger partial charge in [0.15, 0.2) is 5.67 Å². The summed E-state index contributed by atoms with van der Waals surface area (Å²) in [5.74, 6) is -0.765. The maximum atomic E-state index is 15.1. The minimum atomic E-state index is -2.09. The Kier molecular flexibility index (Phi) is 4.49. The highest BCUT2D eigenvalue weighted by Gasteiger charge is 2.45. The standard InChI is InChI=1S/C18H17F2N5O2/c1-17(16(21)26)9-27-15-12(17)7-13(18(2,20)8-23-25-22)24-14(15)10-3-5-11(19)6-4-10/h3-7H,8-9H2,1-2H3,(H2,21,26)/t17-,18-/m0/s1. The maximum absolute atomic E-state index is 15.1. The highest BCUT2D eigenvalue weighted by molar-refractivity contribution is 5.90. The van der Waals surface area contributed by atoms with E-state index >= 15 is 4.39 Å². The second-order valence-electron chi connectivity index (χ2n) is 6.81. The van der Waals surface area contributed by atoms with Crippen LogP contribution in [0.3, 0.4) is 0 Å². The number of alkyl halides is 1. The van der Waals surface area contributed by atoms with Crippen molar-refractivity contribution in [3.8, 4) is 17.0 Å². The normalized spacial score (nSPS) is 20.1. The number of hydrogen-bond donors (Lipinski definition) is 1. The quantitative estimate of drug-likeness (QED) is 0.491. The zero-order valence-corrected chi connectivity index (χ0v) is 14.7. The molecule has 1 aromatic heterocycles. The van der Waals surface area contributed by atoms with Crippen molar-refractivity contribution in [1.82, 2.24) is 4.98 Å². The molecule has 140 valence electrons. The van der Waals surface area contributed by atoms with E-state index < -0.39 is 29.4 Å². The minimum Gasteiger partial charge on any atom is -0.489 e. The summed E-state index contributed by atoms with van der Waals surface area (Å²) < 4.78 is 34.1. The van der Waals surface area contributed by atoms with Gasteiger partial charge in [-0.15, -0.1) is 0 Å². The summed E-state index contributed by atoms with van der Waals surface area (Å²) in [7, 11) is 0. The summed E-state index contributed by atoms with van der Waals surface area (Å²) in [5, 5.41) is 3.29. The summed E-state index contributed by atoms with van der Waals surface area (Å²) in [6, 6.07) is 6.86. The van der Waals surface area contributed by atoms with Gasteiger partial charge in [0.1, 0.15) is 29.3 Å². The van der Waals surface area contributed by atoms with Crippen molar-refractivity contribution in [2.75, 3.05) is 13.2 Å². The summed E-state index contributed by atoms with van der Waals surface area (Å²) in [6.45, 7) is 2.33. The number of pyridine rings is 1. The molecular formula is C18H17F2N5O2. The predicted octanol–water partition coefficient (Wildman–Crippen LogP) is 3.52. The Balaban J connectivity index is 2.26. The molecule has 1 aliphatic heterocycles. The van der Waals surface area contributed by atoms with Crippen LogP contribution < -0.4 is 10.5 Å². The van der Waals surface area contributed by atoms with E-state index in [2.05, 4.69) is 15.0 Å². The number of primary amides is 1. The summed E-state index contributed by atoms with van der Waals surface area (Å²) in [5.41, 5.74) is 11.9. The first-order chi connectivity index (χ1) is 12.7. The summed E-state index contributed by atoms with van der Waals surface area (Å²) >= 11 is 0. The Hall–Kier alpha value is -3.19. The second-order valence-corrected chi connectivity index (χ2v) is 6.81. The van der Waals surface area contributed by atoms with Crippen LogP contribution in [0.25, 0.3) is 21.7 Å². The van der Waals surface area contributed by atoms with Crippen LogP contribution >= 0.6 is 0 Å². The first-order valence-electron chi connectivity index (χ1n) is 8.13. The summed E-state index contributed by atoms with van der Waals surface area (Å²) in [4.78, 5) is 18.9. The number of carbonyl (C=O) groups is 1. The van der Waals surface area contributed by atoms with Crippen molar-refractivity contribution in [1.29, 1.82) is 0 Å². The van der Waals surface area contributed by atoms with E-state index in [1.165, 1.54) is 37.3 Å². The molecule has 3 rings (SSSR count). The van der Waals surface area contributed by atoms with E-state index in [9.17, 15) is 9.18 Å². The van der Waals surface area contributed by atoms with E-state index in [1.54, 1.807) is 6.92 Å². The summed E-state index contributed by atoms with van der Waals surface area (Å²) in [6.07, 6.45) is 0. The lowest BCUT2D eigenvalue weighted by Gasteiger charge is -2.22. The largest absolute Gasteiger partial charge is 0.489 e. The van der Waals surface area contributed by atoms with Crippen molar-refractivity contribution in [2.45, 2.75) is 24.9 Å². The van der Waals surface area contributed by atoms with Gasteiger partial charge in [-0.1, -0.05) is 5.11 Å². The molecule has 0 saturated heterocycles. The second kappa shape index (κ2) is 6.51. The third-order valence-corrected chi connectivity index (χ3v) is 4.70. The Labute approximate surface area is 153 Å². The molecule has 2 atom stereocenters. The molecule has 9 heteroatoms. The molecule has 0 radical (unpaired) electrons. The van der Waals surface area contributed by atoms with Gasteiger partial charge in [0, 0.05) is 16.0 Å². The molecule has 2 aromatic rings. The van der Waals surface area contributed by atoms with Crippen molar-refractivity contribution in [2.24, 2.45) is 10.8 Å². The number of carbonyl (C=O) groups excluding carboxylic acids is 1. The van der Waals surface area contributed by atoms with Crippen molar-refractivity contribution in [3.63, 3.8) is 0 Å². The van der Waals surface area contributed by atoms with Gasteiger partial charge in [-0.25, -0.2) is 13.8 Å². The van der Waals surface area contributed by atoms with Crippen LogP contribution in [-0.4, -0.2) is 24.0 Å². The fourth-order valence-electron chi connectivity index (χ4n) is 2.90. The number of rotatable bonds is 5. The van der Waals surface area contributed by atoms with E-state index in [4.69, 9.17) is 16.0 Å². The Bertz CT molecular complexity index is 955. The van der Waals surface area contributed by atoms with Gasteiger partial charge in [0.05, 0.1) is 12.2 Å². The minimum absolute atomic E-state index is 0.0175. The SMILES string of the molecule is C[C@](F)(CN=[N+]=[N-])c1cc2c(c(-c3ccc(F)cc3)n1)OC[C@]2(C)C(N)=O. The molecule has 27 heavy (non-hydrogen) atoms. The molecule has 0 fully saturated rings. The van der Waals surface area contributed by atoms with Gasteiger partial charge in [-0.2, -0.15) is 0 Å². The lowest BCUT2D eigenvalue weighted by Crippen LogP contribution is -2.40. The van der Waals surface area contributed by atoms with Crippen molar-refractivity contribution in [3.05, 3.63) is 57.8 Å². The maximum Gasteiger partial charge on any atom is 0.231 e. The van der Waals surface area contributed by atoms with Crippen molar-refractivity contribution >= 4 is 5.91 Å². The number of ether oxygens (including phenoxy) is 1. The monoisotopic (exact) mass is 373 g/mol. The van der Waals surface area contributed by atoms with Gasteiger partial charge in [-0.3, -0.25) is 4.79 Å². The number of azide groups is 1. The Morgan fingerprint density at radius 1 is 1.48 bits per heavy atom. The number of halogens is 2. The molecule has 0 unspecified atom stereocenters. The number of benzene rings is 1. The topological polar surface area (TPSA) is 114 Å².